The summed E-state index contributed by atoms with van der Waals surface area (Å²) in [5.74, 6) is -0.0585. The van der Waals surface area contributed by atoms with Crippen molar-refractivity contribution < 1.29 is 4.79 Å². The second-order valence-electron chi connectivity index (χ2n) is 3.65. The Hall–Kier alpha value is -1.49. The molecule has 1 aliphatic heterocycles. The normalized spacial score (nSPS) is 20.2. The Morgan fingerprint density at radius 3 is 3.07 bits per heavy atom. The van der Waals surface area contributed by atoms with Crippen molar-refractivity contribution in [3.8, 4) is 0 Å². The standard InChI is InChI=1S/C10H14N4O/c1-14(8-2-3-11-6-8)10(15)9-7-12-4-5-13-9/h4-5,7-8,11H,2-3,6H2,1H3/t8-/m1/s1. The third-order valence-electron chi connectivity index (χ3n) is 2.68. The Morgan fingerprint density at radius 2 is 2.47 bits per heavy atom. The Kier molecular flexibility index (Phi) is 2.91. The van der Waals surface area contributed by atoms with E-state index >= 15 is 0 Å². The van der Waals surface area contributed by atoms with Crippen LogP contribution in [0.4, 0.5) is 0 Å². The van der Waals surface area contributed by atoms with Crippen molar-refractivity contribution in [2.75, 3.05) is 20.1 Å². The molecule has 1 amide bonds. The van der Waals surface area contributed by atoms with Crippen LogP contribution in [-0.4, -0.2) is 47.0 Å². The number of likely N-dealkylation sites (N-methyl/N-ethyl adjacent to an activating group) is 1. The molecule has 2 heterocycles. The fourth-order valence-corrected chi connectivity index (χ4v) is 1.73. The van der Waals surface area contributed by atoms with Gasteiger partial charge in [-0.25, -0.2) is 4.98 Å². The van der Waals surface area contributed by atoms with Crippen LogP contribution in [0.5, 0.6) is 0 Å². The van der Waals surface area contributed by atoms with E-state index in [4.69, 9.17) is 0 Å². The molecule has 5 heteroatoms. The summed E-state index contributed by atoms with van der Waals surface area (Å²) in [6.07, 6.45) is 5.60. The van der Waals surface area contributed by atoms with Gasteiger partial charge in [0.05, 0.1) is 6.20 Å². The average molecular weight is 206 g/mol. The summed E-state index contributed by atoms with van der Waals surface area (Å²) in [5, 5.41) is 3.23. The van der Waals surface area contributed by atoms with E-state index in [1.807, 2.05) is 7.05 Å². The van der Waals surface area contributed by atoms with Gasteiger partial charge < -0.3 is 10.2 Å². The predicted molar refractivity (Wildman–Crippen MR) is 55.4 cm³/mol. The molecule has 5 nitrogen and oxygen atoms in total. The number of aromatic nitrogens is 2. The second kappa shape index (κ2) is 4.35. The summed E-state index contributed by atoms with van der Waals surface area (Å²) in [4.78, 5) is 21.6. The van der Waals surface area contributed by atoms with E-state index < -0.39 is 0 Å². The van der Waals surface area contributed by atoms with Crippen LogP contribution >= 0.6 is 0 Å². The van der Waals surface area contributed by atoms with Gasteiger partial charge in [-0.1, -0.05) is 0 Å². The summed E-state index contributed by atoms with van der Waals surface area (Å²) < 4.78 is 0. The predicted octanol–water partition coefficient (Wildman–Crippen LogP) is -0.0895. The zero-order valence-corrected chi connectivity index (χ0v) is 8.68. The average Bonchev–Trinajstić information content (AvgIpc) is 2.82. The first-order valence-corrected chi connectivity index (χ1v) is 5.03. The molecular formula is C10H14N4O. The highest BCUT2D eigenvalue weighted by atomic mass is 16.2. The van der Waals surface area contributed by atoms with Gasteiger partial charge in [-0.2, -0.15) is 0 Å². The smallest absolute Gasteiger partial charge is 0.274 e. The van der Waals surface area contributed by atoms with Crippen molar-refractivity contribution in [3.63, 3.8) is 0 Å². The zero-order chi connectivity index (χ0) is 10.7. The van der Waals surface area contributed by atoms with Crippen molar-refractivity contribution in [2.45, 2.75) is 12.5 Å². The summed E-state index contributed by atoms with van der Waals surface area (Å²) >= 11 is 0. The molecule has 0 bridgehead atoms. The van der Waals surface area contributed by atoms with Crippen LogP contribution in [0, 0.1) is 0 Å². The summed E-state index contributed by atoms with van der Waals surface area (Å²) in [5.41, 5.74) is 0.409. The first-order valence-electron chi connectivity index (χ1n) is 5.03. The number of carbonyl (C=O) groups is 1. The molecule has 1 aliphatic rings. The van der Waals surface area contributed by atoms with Crippen molar-refractivity contribution in [1.82, 2.24) is 20.2 Å². The molecule has 2 rings (SSSR count). The zero-order valence-electron chi connectivity index (χ0n) is 8.68. The second-order valence-corrected chi connectivity index (χ2v) is 3.65. The lowest BCUT2D eigenvalue weighted by Gasteiger charge is -2.22. The highest BCUT2D eigenvalue weighted by Gasteiger charge is 2.24. The third-order valence-corrected chi connectivity index (χ3v) is 2.68. The number of nitrogens with zero attached hydrogens (tertiary/aromatic N) is 3. The number of nitrogens with one attached hydrogen (secondary N) is 1. The fraction of sp³-hybridized carbons (Fsp3) is 0.500. The van der Waals surface area contributed by atoms with Crippen LogP contribution in [0.3, 0.4) is 0 Å². The van der Waals surface area contributed by atoms with E-state index in [1.54, 1.807) is 11.1 Å². The van der Waals surface area contributed by atoms with Gasteiger partial charge in [-0.05, 0) is 13.0 Å². The minimum atomic E-state index is -0.0585. The minimum Gasteiger partial charge on any atom is -0.336 e. The lowest BCUT2D eigenvalue weighted by atomic mass is 10.2. The van der Waals surface area contributed by atoms with Crippen LogP contribution in [0.1, 0.15) is 16.9 Å². The first kappa shape index (κ1) is 10.0. The van der Waals surface area contributed by atoms with Gasteiger partial charge >= 0.3 is 0 Å². The maximum Gasteiger partial charge on any atom is 0.274 e. The molecule has 0 aliphatic carbocycles. The quantitative estimate of drug-likeness (QED) is 0.734. The Balaban J connectivity index is 2.07. The summed E-state index contributed by atoms with van der Waals surface area (Å²) in [7, 11) is 1.81. The number of carbonyl (C=O) groups excluding carboxylic acids is 1. The topological polar surface area (TPSA) is 58.1 Å². The molecule has 1 fully saturated rings. The van der Waals surface area contributed by atoms with Crippen LogP contribution in [-0.2, 0) is 0 Å². The SMILES string of the molecule is CN(C(=O)c1cnccn1)[C@@H]1CCNC1. The third kappa shape index (κ3) is 2.12. The number of hydrogen-bond acceptors (Lipinski definition) is 4. The van der Waals surface area contributed by atoms with E-state index in [2.05, 4.69) is 15.3 Å². The molecule has 15 heavy (non-hydrogen) atoms. The molecule has 0 spiro atoms. The molecule has 1 atom stereocenters. The molecule has 0 radical (unpaired) electrons. The lowest BCUT2D eigenvalue weighted by molar-refractivity contribution is 0.0737. The summed E-state index contributed by atoms with van der Waals surface area (Å²) in [6, 6.07) is 0.277. The Labute approximate surface area is 88.5 Å². The molecule has 80 valence electrons. The van der Waals surface area contributed by atoms with Crippen LogP contribution in [0.25, 0.3) is 0 Å². The van der Waals surface area contributed by atoms with E-state index in [1.165, 1.54) is 12.4 Å². The van der Waals surface area contributed by atoms with E-state index in [0.717, 1.165) is 19.5 Å². The first-order chi connectivity index (χ1) is 7.29. The van der Waals surface area contributed by atoms with Crippen LogP contribution in [0.15, 0.2) is 18.6 Å². The molecule has 0 aromatic carbocycles. The minimum absolute atomic E-state index is 0.0585. The Morgan fingerprint density at radius 1 is 1.60 bits per heavy atom. The molecule has 1 aromatic heterocycles. The van der Waals surface area contributed by atoms with Gasteiger partial charge in [0.25, 0.3) is 5.91 Å². The fourth-order valence-electron chi connectivity index (χ4n) is 1.73. The molecular weight excluding hydrogens is 192 g/mol. The van der Waals surface area contributed by atoms with Crippen molar-refractivity contribution in [2.24, 2.45) is 0 Å². The van der Waals surface area contributed by atoms with Gasteiger partial charge in [-0.15, -0.1) is 0 Å². The van der Waals surface area contributed by atoms with Gasteiger partial charge in [0, 0.05) is 32.0 Å². The van der Waals surface area contributed by atoms with Crippen molar-refractivity contribution in [3.05, 3.63) is 24.3 Å². The number of amides is 1. The van der Waals surface area contributed by atoms with Gasteiger partial charge in [0.2, 0.25) is 0 Å². The van der Waals surface area contributed by atoms with E-state index in [9.17, 15) is 4.79 Å². The monoisotopic (exact) mass is 206 g/mol. The lowest BCUT2D eigenvalue weighted by Crippen LogP contribution is -2.38. The summed E-state index contributed by atoms with van der Waals surface area (Å²) in [6.45, 7) is 1.84. The van der Waals surface area contributed by atoms with Gasteiger partial charge in [0.15, 0.2) is 0 Å². The van der Waals surface area contributed by atoms with Gasteiger partial charge in [-0.3, -0.25) is 9.78 Å². The molecule has 1 saturated heterocycles. The van der Waals surface area contributed by atoms with Gasteiger partial charge in [0.1, 0.15) is 5.69 Å². The van der Waals surface area contributed by atoms with Crippen LogP contribution in [0.2, 0.25) is 0 Å². The highest BCUT2D eigenvalue weighted by Crippen LogP contribution is 2.09. The van der Waals surface area contributed by atoms with Crippen LogP contribution < -0.4 is 5.32 Å². The maximum atomic E-state index is 11.9. The van der Waals surface area contributed by atoms with Crippen molar-refractivity contribution >= 4 is 5.91 Å². The van der Waals surface area contributed by atoms with E-state index in [0.29, 0.717) is 5.69 Å². The molecule has 0 saturated carbocycles. The largest absolute Gasteiger partial charge is 0.336 e. The molecule has 0 unspecified atom stereocenters. The van der Waals surface area contributed by atoms with Crippen molar-refractivity contribution in [1.29, 1.82) is 0 Å². The number of hydrogen-bond donors (Lipinski definition) is 1. The molecule has 1 aromatic rings. The van der Waals surface area contributed by atoms with E-state index in [-0.39, 0.29) is 11.9 Å². The maximum absolute atomic E-state index is 11.9. The Bertz CT molecular complexity index is 335. The highest BCUT2D eigenvalue weighted by molar-refractivity contribution is 5.92. The number of rotatable bonds is 2. The molecule has 1 N–H and O–H groups in total.